The Hall–Kier alpha value is 0.379. The second-order valence-electron chi connectivity index (χ2n) is 7.35. The number of hydrogen-bond donors (Lipinski definition) is 0. The Morgan fingerprint density at radius 2 is 1.71 bits per heavy atom. The van der Waals surface area contributed by atoms with Crippen molar-refractivity contribution in [2.45, 2.75) is 24.9 Å². The third kappa shape index (κ3) is 9.46. The molecule has 0 N–H and O–H groups in total. The van der Waals surface area contributed by atoms with Gasteiger partial charge in [0.25, 0.3) is 0 Å². The van der Waals surface area contributed by atoms with Gasteiger partial charge in [-0.2, -0.15) is 0 Å². The van der Waals surface area contributed by atoms with Crippen molar-refractivity contribution in [2.75, 3.05) is 66.0 Å². The zero-order chi connectivity index (χ0) is 17.5. The first kappa shape index (κ1) is 28.4. The van der Waals surface area contributed by atoms with E-state index in [0.29, 0.717) is 0 Å². The Morgan fingerprint density at radius 1 is 0.964 bits per heavy atom. The molecule has 2 aliphatic heterocycles. The Balaban J connectivity index is 0.00000243. The quantitative estimate of drug-likeness (QED) is 0.238. The molecule has 2 bridgehead atoms. The predicted molar refractivity (Wildman–Crippen MR) is 104 cm³/mol. The molecule has 3 rings (SSSR count). The SMILES string of the molecule is CN1CCC(Cl)N2CCN(CCCN(Cc3ccccn3)CC2)CC1.[Cl-].[Cl-].[Mn+2]. The van der Waals surface area contributed by atoms with E-state index in [-0.39, 0.29) is 47.4 Å². The van der Waals surface area contributed by atoms with E-state index in [2.05, 4.69) is 43.8 Å². The first-order valence-electron chi connectivity index (χ1n) is 9.62. The van der Waals surface area contributed by atoms with Crippen LogP contribution in [0, 0.1) is 0 Å². The van der Waals surface area contributed by atoms with Crippen LogP contribution in [0.2, 0.25) is 0 Å². The molecule has 0 aromatic carbocycles. The summed E-state index contributed by atoms with van der Waals surface area (Å²) in [5.74, 6) is 0. The Kier molecular flexibility index (Phi) is 15.4. The van der Waals surface area contributed by atoms with Crippen LogP contribution in [0.4, 0.5) is 0 Å². The number of alkyl halides is 1. The maximum absolute atomic E-state index is 6.75. The zero-order valence-electron chi connectivity index (χ0n) is 16.6. The zero-order valence-corrected chi connectivity index (χ0v) is 20.1. The van der Waals surface area contributed by atoms with E-state index in [9.17, 15) is 0 Å². The van der Waals surface area contributed by atoms with Crippen LogP contribution < -0.4 is 24.8 Å². The van der Waals surface area contributed by atoms with Gasteiger partial charge >= 0.3 is 17.1 Å². The van der Waals surface area contributed by atoms with E-state index in [1.54, 1.807) is 0 Å². The predicted octanol–water partition coefficient (Wildman–Crippen LogP) is -4.20. The van der Waals surface area contributed by atoms with Crippen molar-refractivity contribution < 1.29 is 41.9 Å². The first-order chi connectivity index (χ1) is 12.2. The minimum absolute atomic E-state index is 0. The van der Waals surface area contributed by atoms with Gasteiger partial charge in [0.05, 0.1) is 11.2 Å². The fourth-order valence-electron chi connectivity index (χ4n) is 3.71. The minimum atomic E-state index is 0. The second kappa shape index (κ2) is 15.2. The second-order valence-corrected chi connectivity index (χ2v) is 7.86. The summed E-state index contributed by atoms with van der Waals surface area (Å²) in [7, 11) is 2.22. The third-order valence-electron chi connectivity index (χ3n) is 5.41. The van der Waals surface area contributed by atoms with Crippen LogP contribution in [0.1, 0.15) is 18.5 Å². The molecule has 28 heavy (non-hydrogen) atoms. The number of pyridine rings is 1. The summed E-state index contributed by atoms with van der Waals surface area (Å²) < 4.78 is 0. The van der Waals surface area contributed by atoms with Crippen molar-refractivity contribution in [3.63, 3.8) is 0 Å². The summed E-state index contributed by atoms with van der Waals surface area (Å²) in [6, 6.07) is 6.19. The molecule has 3 unspecified atom stereocenters. The fraction of sp³-hybridized carbons (Fsp3) is 0.737. The molecule has 3 heterocycles. The molecule has 5 nitrogen and oxygen atoms in total. The van der Waals surface area contributed by atoms with Crippen LogP contribution >= 0.6 is 11.6 Å². The van der Waals surface area contributed by atoms with Crippen molar-refractivity contribution in [3.05, 3.63) is 30.1 Å². The summed E-state index contributed by atoms with van der Waals surface area (Å²) in [4.78, 5) is 14.6. The summed E-state index contributed by atoms with van der Waals surface area (Å²) in [6.45, 7) is 10.9. The van der Waals surface area contributed by atoms with Crippen LogP contribution in [0.25, 0.3) is 0 Å². The average Bonchev–Trinajstić information content (AvgIpc) is 2.63. The van der Waals surface area contributed by atoms with Crippen LogP contribution in [-0.4, -0.2) is 96.0 Å². The number of likely N-dealkylation sites (N-methyl/N-ethyl adjacent to an activating group) is 1. The molecule has 3 atom stereocenters. The summed E-state index contributed by atoms with van der Waals surface area (Å²) in [5, 5.41) is 0. The molecule has 0 spiro atoms. The standard InChI is InChI=1S/C19H32ClN5.2ClH.Mn/c1-22-10-6-19(20)25-15-13-23(12-11-22)8-4-9-24(14-16-25)17-18-5-2-3-7-21-18;;;/h2-3,5,7,19H,4,6,8-17H2,1H3;2*1H;/q;;;+2/p-2. The van der Waals surface area contributed by atoms with Gasteiger partial charge in [0, 0.05) is 58.6 Å². The Bertz CT molecular complexity index is 512. The average molecular weight is 492 g/mol. The molecule has 2 saturated heterocycles. The number of nitrogens with zero attached hydrogens (tertiary/aromatic N) is 5. The monoisotopic (exact) mass is 490 g/mol. The smallest absolute Gasteiger partial charge is 1.00 e. The number of rotatable bonds is 2. The van der Waals surface area contributed by atoms with E-state index in [4.69, 9.17) is 11.6 Å². The van der Waals surface area contributed by atoms with Crippen molar-refractivity contribution in [1.29, 1.82) is 0 Å². The number of halogens is 3. The van der Waals surface area contributed by atoms with Gasteiger partial charge in [-0.1, -0.05) is 6.07 Å². The molecule has 9 heteroatoms. The van der Waals surface area contributed by atoms with Gasteiger partial charge < -0.3 is 34.6 Å². The van der Waals surface area contributed by atoms with E-state index in [0.717, 1.165) is 71.0 Å². The molecule has 2 fully saturated rings. The maximum Gasteiger partial charge on any atom is 2.00 e. The maximum atomic E-state index is 6.75. The van der Waals surface area contributed by atoms with E-state index in [1.807, 2.05) is 12.3 Å². The van der Waals surface area contributed by atoms with Gasteiger partial charge in [-0.25, -0.2) is 0 Å². The van der Waals surface area contributed by atoms with Crippen molar-refractivity contribution in [3.8, 4) is 0 Å². The molecule has 1 aromatic heterocycles. The van der Waals surface area contributed by atoms with Crippen LogP contribution in [-0.2, 0) is 23.6 Å². The van der Waals surface area contributed by atoms with Crippen molar-refractivity contribution in [2.24, 2.45) is 0 Å². The fourth-order valence-corrected chi connectivity index (χ4v) is 4.00. The first-order valence-corrected chi connectivity index (χ1v) is 10.1. The molecular formula is C19H32Cl3MnN5. The summed E-state index contributed by atoms with van der Waals surface area (Å²) in [5.41, 5.74) is 1.30. The summed E-state index contributed by atoms with van der Waals surface area (Å²) in [6.07, 6.45) is 4.15. The van der Waals surface area contributed by atoms with Gasteiger partial charge in [0.15, 0.2) is 0 Å². The molecule has 0 saturated carbocycles. The van der Waals surface area contributed by atoms with Gasteiger partial charge in [0.2, 0.25) is 0 Å². The summed E-state index contributed by atoms with van der Waals surface area (Å²) >= 11 is 6.75. The number of fused-ring (bicyclic) bond motifs is 3. The molecule has 2 aliphatic rings. The molecule has 1 aromatic rings. The van der Waals surface area contributed by atoms with E-state index >= 15 is 0 Å². The number of aromatic nitrogens is 1. The van der Waals surface area contributed by atoms with Crippen molar-refractivity contribution >= 4 is 11.6 Å². The minimum Gasteiger partial charge on any atom is -1.00 e. The van der Waals surface area contributed by atoms with Crippen LogP contribution in [0.5, 0.6) is 0 Å². The van der Waals surface area contributed by atoms with Gasteiger partial charge in [-0.15, -0.1) is 11.6 Å². The Morgan fingerprint density at radius 3 is 2.46 bits per heavy atom. The van der Waals surface area contributed by atoms with E-state index < -0.39 is 0 Å². The van der Waals surface area contributed by atoms with E-state index in [1.165, 1.54) is 13.0 Å². The topological polar surface area (TPSA) is 25.9 Å². The molecule has 0 aliphatic carbocycles. The van der Waals surface area contributed by atoms with Gasteiger partial charge in [0.1, 0.15) is 0 Å². The van der Waals surface area contributed by atoms with Crippen molar-refractivity contribution in [1.82, 2.24) is 24.6 Å². The molecule has 1 radical (unpaired) electrons. The molecule has 161 valence electrons. The largest absolute Gasteiger partial charge is 2.00 e. The Labute approximate surface area is 198 Å². The normalized spacial score (nSPS) is 27.6. The van der Waals surface area contributed by atoms with Crippen LogP contribution in [0.3, 0.4) is 0 Å². The number of hydrogen-bond acceptors (Lipinski definition) is 5. The molecular weight excluding hydrogens is 460 g/mol. The third-order valence-corrected chi connectivity index (χ3v) is 5.90. The van der Waals surface area contributed by atoms with Crippen LogP contribution in [0.15, 0.2) is 24.4 Å². The van der Waals surface area contributed by atoms with Gasteiger partial charge in [-0.3, -0.25) is 14.8 Å². The molecule has 0 amide bonds. The van der Waals surface area contributed by atoms with Gasteiger partial charge in [-0.05, 0) is 45.1 Å².